The molecule has 0 aliphatic heterocycles. The smallest absolute Gasteiger partial charge is 0.341 e. The van der Waals surface area contributed by atoms with Gasteiger partial charge >= 0.3 is 5.97 Å². The number of benzene rings is 1. The third-order valence-corrected chi connectivity index (χ3v) is 6.10. The van der Waals surface area contributed by atoms with E-state index in [1.54, 1.807) is 25.1 Å². The van der Waals surface area contributed by atoms with Gasteiger partial charge in [0.1, 0.15) is 5.00 Å². The van der Waals surface area contributed by atoms with Gasteiger partial charge in [0, 0.05) is 14.9 Å². The minimum absolute atomic E-state index is 0.157. The number of hydrogen-bond donors (Lipinski definition) is 2. The van der Waals surface area contributed by atoms with Crippen molar-refractivity contribution in [2.24, 2.45) is 0 Å². The first-order valence-corrected chi connectivity index (χ1v) is 10.7. The Balaban J connectivity index is 1.78. The predicted octanol–water partition coefficient (Wildman–Crippen LogP) is 4.69. The SMILES string of the molecule is CCOC(=O)c1c(NC(=S)NC(=O)c2cccc(Br)c2)sc2c1CCCC2. The predicted molar refractivity (Wildman–Crippen MR) is 115 cm³/mol. The van der Waals surface area contributed by atoms with Crippen molar-refractivity contribution in [3.8, 4) is 0 Å². The summed E-state index contributed by atoms with van der Waals surface area (Å²) in [6.07, 6.45) is 3.98. The Morgan fingerprint density at radius 3 is 2.81 bits per heavy atom. The third kappa shape index (κ3) is 4.75. The lowest BCUT2D eigenvalue weighted by molar-refractivity contribution is 0.0526. The molecule has 0 bridgehead atoms. The molecule has 142 valence electrons. The van der Waals surface area contributed by atoms with Crippen molar-refractivity contribution in [1.82, 2.24) is 5.32 Å². The Kier molecular flexibility index (Phi) is 6.62. The number of thiophene rings is 1. The van der Waals surface area contributed by atoms with Crippen LogP contribution in [0, 0.1) is 0 Å². The molecule has 2 aromatic rings. The van der Waals surface area contributed by atoms with Crippen LogP contribution in [0.1, 0.15) is 50.9 Å². The van der Waals surface area contributed by atoms with E-state index in [1.807, 2.05) is 6.07 Å². The summed E-state index contributed by atoms with van der Waals surface area (Å²) in [5.41, 5.74) is 2.09. The summed E-state index contributed by atoms with van der Waals surface area (Å²) >= 11 is 10.2. The number of carbonyl (C=O) groups is 2. The third-order valence-electron chi connectivity index (χ3n) is 4.19. The normalized spacial score (nSPS) is 12.8. The van der Waals surface area contributed by atoms with Crippen LogP contribution in [0.4, 0.5) is 5.00 Å². The molecule has 1 aliphatic rings. The van der Waals surface area contributed by atoms with Gasteiger partial charge in [0.25, 0.3) is 5.91 Å². The van der Waals surface area contributed by atoms with E-state index >= 15 is 0 Å². The first kappa shape index (κ1) is 20.0. The summed E-state index contributed by atoms with van der Waals surface area (Å²) < 4.78 is 6.04. The second-order valence-corrected chi connectivity index (χ2v) is 8.48. The highest BCUT2D eigenvalue weighted by molar-refractivity contribution is 9.10. The van der Waals surface area contributed by atoms with Crippen LogP contribution in [0.15, 0.2) is 28.7 Å². The lowest BCUT2D eigenvalue weighted by Gasteiger charge is -2.13. The summed E-state index contributed by atoms with van der Waals surface area (Å²) in [6, 6.07) is 7.04. The first-order valence-electron chi connectivity index (χ1n) is 8.69. The van der Waals surface area contributed by atoms with E-state index in [4.69, 9.17) is 17.0 Å². The van der Waals surface area contributed by atoms with Crippen LogP contribution in [-0.4, -0.2) is 23.6 Å². The zero-order chi connectivity index (χ0) is 19.4. The topological polar surface area (TPSA) is 67.4 Å². The van der Waals surface area contributed by atoms with Crippen molar-refractivity contribution in [3.05, 3.63) is 50.3 Å². The van der Waals surface area contributed by atoms with Gasteiger partial charge in [-0.2, -0.15) is 0 Å². The van der Waals surface area contributed by atoms with Crippen LogP contribution in [-0.2, 0) is 17.6 Å². The molecule has 5 nitrogen and oxygen atoms in total. The van der Waals surface area contributed by atoms with Crippen molar-refractivity contribution in [2.45, 2.75) is 32.6 Å². The molecular formula is C19H19BrN2O3S2. The molecule has 0 saturated heterocycles. The number of fused-ring (bicyclic) bond motifs is 1. The average Bonchev–Trinajstić information content (AvgIpc) is 2.99. The molecule has 1 aromatic carbocycles. The number of amides is 1. The number of esters is 1. The van der Waals surface area contributed by atoms with Crippen LogP contribution in [0.5, 0.6) is 0 Å². The molecule has 0 radical (unpaired) electrons. The Labute approximate surface area is 175 Å². The maximum absolute atomic E-state index is 12.5. The Morgan fingerprint density at radius 2 is 2.07 bits per heavy atom. The quantitative estimate of drug-likeness (QED) is 0.505. The van der Waals surface area contributed by atoms with Crippen molar-refractivity contribution in [3.63, 3.8) is 0 Å². The Morgan fingerprint density at radius 1 is 1.30 bits per heavy atom. The van der Waals surface area contributed by atoms with Gasteiger partial charge in [0.15, 0.2) is 5.11 Å². The van der Waals surface area contributed by atoms with Crippen molar-refractivity contribution in [2.75, 3.05) is 11.9 Å². The second kappa shape index (κ2) is 8.95. The second-order valence-electron chi connectivity index (χ2n) is 6.05. The molecular weight excluding hydrogens is 448 g/mol. The fourth-order valence-corrected chi connectivity index (χ4v) is 4.95. The van der Waals surface area contributed by atoms with Crippen molar-refractivity contribution in [1.29, 1.82) is 0 Å². The summed E-state index contributed by atoms with van der Waals surface area (Å²) in [6.45, 7) is 2.10. The number of rotatable bonds is 4. The fourth-order valence-electron chi connectivity index (χ4n) is 3.01. The molecule has 8 heteroatoms. The number of thiocarbonyl (C=S) groups is 1. The van der Waals surface area contributed by atoms with Gasteiger partial charge in [-0.05, 0) is 68.6 Å². The first-order chi connectivity index (χ1) is 13.0. The van der Waals surface area contributed by atoms with E-state index in [0.29, 0.717) is 22.7 Å². The number of carbonyl (C=O) groups excluding carboxylic acids is 2. The van der Waals surface area contributed by atoms with E-state index in [2.05, 4.69) is 26.6 Å². The number of hydrogen-bond acceptors (Lipinski definition) is 5. The molecule has 0 fully saturated rings. The molecule has 0 unspecified atom stereocenters. The van der Waals surface area contributed by atoms with Gasteiger partial charge in [0.05, 0.1) is 12.2 Å². The number of ether oxygens (including phenoxy) is 1. The molecule has 0 spiro atoms. The Bertz CT molecular complexity index is 895. The Hall–Kier alpha value is -1.77. The van der Waals surface area contributed by atoms with Crippen LogP contribution in [0.2, 0.25) is 0 Å². The van der Waals surface area contributed by atoms with Crippen molar-refractivity contribution < 1.29 is 14.3 Å². The van der Waals surface area contributed by atoms with E-state index in [1.165, 1.54) is 16.2 Å². The molecule has 1 aromatic heterocycles. The highest BCUT2D eigenvalue weighted by Gasteiger charge is 2.27. The lowest BCUT2D eigenvalue weighted by atomic mass is 9.95. The average molecular weight is 467 g/mol. The van der Waals surface area contributed by atoms with Gasteiger partial charge < -0.3 is 10.1 Å². The summed E-state index contributed by atoms with van der Waals surface area (Å²) in [7, 11) is 0. The monoisotopic (exact) mass is 466 g/mol. The van der Waals surface area contributed by atoms with Crippen LogP contribution < -0.4 is 10.6 Å². The largest absolute Gasteiger partial charge is 0.462 e. The standard InChI is InChI=1S/C19H19BrN2O3S2/c1-2-25-18(24)15-13-8-3-4-9-14(13)27-17(15)22-19(26)21-16(23)11-6-5-7-12(20)10-11/h5-7,10H,2-4,8-9H2,1H3,(H2,21,22,23,26). The lowest BCUT2D eigenvalue weighted by Crippen LogP contribution is -2.34. The molecule has 27 heavy (non-hydrogen) atoms. The zero-order valence-electron chi connectivity index (χ0n) is 14.8. The molecule has 3 rings (SSSR count). The van der Waals surface area contributed by atoms with Crippen molar-refractivity contribution >= 4 is 61.5 Å². The highest BCUT2D eigenvalue weighted by Crippen LogP contribution is 2.38. The molecule has 0 atom stereocenters. The van der Waals surface area contributed by atoms with E-state index < -0.39 is 0 Å². The molecule has 1 heterocycles. The summed E-state index contributed by atoms with van der Waals surface area (Å²) in [5, 5.41) is 6.49. The minimum atomic E-state index is -0.347. The van der Waals surface area contributed by atoms with E-state index in [0.717, 1.165) is 35.7 Å². The number of anilines is 1. The maximum atomic E-state index is 12.5. The molecule has 0 saturated carbocycles. The van der Waals surface area contributed by atoms with E-state index in [9.17, 15) is 9.59 Å². The van der Waals surface area contributed by atoms with Gasteiger partial charge in [-0.25, -0.2) is 4.79 Å². The van der Waals surface area contributed by atoms with Crippen LogP contribution in [0.25, 0.3) is 0 Å². The van der Waals surface area contributed by atoms with E-state index in [-0.39, 0.29) is 17.0 Å². The number of nitrogens with one attached hydrogen (secondary N) is 2. The molecule has 1 amide bonds. The highest BCUT2D eigenvalue weighted by atomic mass is 79.9. The van der Waals surface area contributed by atoms with Gasteiger partial charge in [-0.1, -0.05) is 22.0 Å². The molecule has 2 N–H and O–H groups in total. The van der Waals surface area contributed by atoms with Gasteiger partial charge in [-0.3, -0.25) is 10.1 Å². The van der Waals surface area contributed by atoms with Crippen LogP contribution >= 0.6 is 39.5 Å². The number of aryl methyl sites for hydroxylation is 1. The molecule has 1 aliphatic carbocycles. The summed E-state index contributed by atoms with van der Waals surface area (Å²) in [5.74, 6) is -0.659. The maximum Gasteiger partial charge on any atom is 0.341 e. The van der Waals surface area contributed by atoms with Gasteiger partial charge in [-0.15, -0.1) is 11.3 Å². The van der Waals surface area contributed by atoms with Gasteiger partial charge in [0.2, 0.25) is 0 Å². The minimum Gasteiger partial charge on any atom is -0.462 e. The summed E-state index contributed by atoms with van der Waals surface area (Å²) in [4.78, 5) is 26.0. The fraction of sp³-hybridized carbons (Fsp3) is 0.316. The number of halogens is 1. The zero-order valence-corrected chi connectivity index (χ0v) is 18.0. The van der Waals surface area contributed by atoms with Crippen LogP contribution in [0.3, 0.4) is 0 Å².